The smallest absolute Gasteiger partial charge is 0.257 e. The molecule has 5 nitrogen and oxygen atoms in total. The van der Waals surface area contributed by atoms with E-state index in [9.17, 15) is 4.79 Å². The molecule has 0 fully saturated rings. The minimum absolute atomic E-state index is 0.0196. The number of nitrogens with zero attached hydrogens (tertiary/aromatic N) is 1. The molecule has 1 amide bonds. The summed E-state index contributed by atoms with van der Waals surface area (Å²) in [6.45, 7) is 2.64. The largest absolute Gasteiger partial charge is 0.484 e. The normalized spacial score (nSPS) is 10.3. The van der Waals surface area contributed by atoms with E-state index in [1.165, 1.54) is 11.1 Å². The third-order valence-corrected chi connectivity index (χ3v) is 4.03. The molecule has 0 aliphatic heterocycles. The van der Waals surface area contributed by atoms with Crippen LogP contribution in [0, 0.1) is 6.92 Å². The SMILES string of the molecule is Cc1ccccc1CCNC(=O)COc1ccc(Oc2ccccn2)cc1. The van der Waals surface area contributed by atoms with Crippen LogP contribution in [0.4, 0.5) is 0 Å². The van der Waals surface area contributed by atoms with Gasteiger partial charge in [-0.25, -0.2) is 4.98 Å². The van der Waals surface area contributed by atoms with Gasteiger partial charge in [0.05, 0.1) is 0 Å². The van der Waals surface area contributed by atoms with Crippen molar-refractivity contribution in [2.75, 3.05) is 13.2 Å². The Bertz CT molecular complexity index is 864. The molecule has 0 aliphatic carbocycles. The topological polar surface area (TPSA) is 60.5 Å². The molecule has 0 saturated heterocycles. The van der Waals surface area contributed by atoms with Gasteiger partial charge in [-0.1, -0.05) is 30.3 Å². The lowest BCUT2D eigenvalue weighted by molar-refractivity contribution is -0.123. The van der Waals surface area contributed by atoms with Gasteiger partial charge in [-0.3, -0.25) is 4.79 Å². The summed E-state index contributed by atoms with van der Waals surface area (Å²) < 4.78 is 11.1. The molecule has 2 aromatic carbocycles. The van der Waals surface area contributed by atoms with Gasteiger partial charge in [0.25, 0.3) is 5.91 Å². The Labute approximate surface area is 159 Å². The highest BCUT2D eigenvalue weighted by atomic mass is 16.5. The van der Waals surface area contributed by atoms with E-state index in [1.807, 2.05) is 24.3 Å². The number of benzene rings is 2. The average Bonchev–Trinajstić information content (AvgIpc) is 2.70. The molecular formula is C22H22N2O3. The third kappa shape index (κ3) is 5.85. The number of pyridine rings is 1. The number of nitrogens with one attached hydrogen (secondary N) is 1. The number of ether oxygens (including phenoxy) is 2. The van der Waals surface area contributed by atoms with Crippen molar-refractivity contribution in [3.05, 3.63) is 84.1 Å². The highest BCUT2D eigenvalue weighted by molar-refractivity contribution is 5.77. The van der Waals surface area contributed by atoms with Crippen LogP contribution in [0.3, 0.4) is 0 Å². The Hall–Kier alpha value is -3.34. The van der Waals surface area contributed by atoms with Gasteiger partial charge in [-0.05, 0) is 54.8 Å². The third-order valence-electron chi connectivity index (χ3n) is 4.03. The van der Waals surface area contributed by atoms with Crippen LogP contribution in [-0.4, -0.2) is 24.0 Å². The van der Waals surface area contributed by atoms with Crippen molar-refractivity contribution in [2.45, 2.75) is 13.3 Å². The molecule has 27 heavy (non-hydrogen) atoms. The first-order chi connectivity index (χ1) is 13.2. The summed E-state index contributed by atoms with van der Waals surface area (Å²) in [5.74, 6) is 1.65. The summed E-state index contributed by atoms with van der Waals surface area (Å²) >= 11 is 0. The van der Waals surface area contributed by atoms with Gasteiger partial charge in [0.1, 0.15) is 11.5 Å². The van der Waals surface area contributed by atoms with E-state index < -0.39 is 0 Å². The maximum Gasteiger partial charge on any atom is 0.257 e. The average molecular weight is 362 g/mol. The van der Waals surface area contributed by atoms with Gasteiger partial charge in [0.15, 0.2) is 6.61 Å². The Kier molecular flexibility index (Phi) is 6.41. The lowest BCUT2D eigenvalue weighted by Crippen LogP contribution is -2.30. The fourth-order valence-corrected chi connectivity index (χ4v) is 2.56. The minimum Gasteiger partial charge on any atom is -0.484 e. The summed E-state index contributed by atoms with van der Waals surface area (Å²) in [4.78, 5) is 16.0. The monoisotopic (exact) mass is 362 g/mol. The number of rotatable bonds is 8. The van der Waals surface area contributed by atoms with E-state index in [4.69, 9.17) is 9.47 Å². The predicted molar refractivity (Wildman–Crippen MR) is 104 cm³/mol. The zero-order valence-corrected chi connectivity index (χ0v) is 15.2. The van der Waals surface area contributed by atoms with E-state index in [1.54, 1.807) is 36.5 Å². The maximum absolute atomic E-state index is 11.9. The molecule has 0 bridgehead atoms. The van der Waals surface area contributed by atoms with Crippen molar-refractivity contribution >= 4 is 5.91 Å². The molecule has 0 spiro atoms. The zero-order chi connectivity index (χ0) is 18.9. The summed E-state index contributed by atoms with van der Waals surface area (Å²) in [5, 5.41) is 2.88. The predicted octanol–water partition coefficient (Wildman–Crippen LogP) is 3.92. The number of hydrogen-bond donors (Lipinski definition) is 1. The number of amides is 1. The van der Waals surface area contributed by atoms with Crippen LogP contribution in [-0.2, 0) is 11.2 Å². The van der Waals surface area contributed by atoms with Gasteiger partial charge in [-0.15, -0.1) is 0 Å². The molecule has 1 aromatic heterocycles. The Morgan fingerprint density at radius 3 is 2.44 bits per heavy atom. The number of carbonyl (C=O) groups excluding carboxylic acids is 1. The minimum atomic E-state index is -0.141. The zero-order valence-electron chi connectivity index (χ0n) is 15.2. The van der Waals surface area contributed by atoms with Crippen LogP contribution in [0.1, 0.15) is 11.1 Å². The van der Waals surface area contributed by atoms with Gasteiger partial charge < -0.3 is 14.8 Å². The van der Waals surface area contributed by atoms with E-state index in [2.05, 4.69) is 29.4 Å². The van der Waals surface area contributed by atoms with Crippen LogP contribution < -0.4 is 14.8 Å². The molecule has 5 heteroatoms. The molecule has 3 aromatic rings. The molecule has 0 radical (unpaired) electrons. The fraction of sp³-hybridized carbons (Fsp3) is 0.182. The van der Waals surface area contributed by atoms with Crippen molar-refractivity contribution in [1.82, 2.24) is 10.3 Å². The first-order valence-corrected chi connectivity index (χ1v) is 8.84. The van der Waals surface area contributed by atoms with E-state index in [0.717, 1.165) is 6.42 Å². The Balaban J connectivity index is 1.40. The summed E-state index contributed by atoms with van der Waals surface area (Å²) in [5.41, 5.74) is 2.47. The number of aromatic nitrogens is 1. The maximum atomic E-state index is 11.9. The second-order valence-electron chi connectivity index (χ2n) is 6.06. The highest BCUT2D eigenvalue weighted by Crippen LogP contribution is 2.22. The molecule has 1 N–H and O–H groups in total. The van der Waals surface area contributed by atoms with Crippen molar-refractivity contribution in [1.29, 1.82) is 0 Å². The van der Waals surface area contributed by atoms with Gasteiger partial charge in [0, 0.05) is 18.8 Å². The molecule has 0 aliphatic rings. The van der Waals surface area contributed by atoms with E-state index in [-0.39, 0.29) is 12.5 Å². The number of carbonyl (C=O) groups is 1. The first-order valence-electron chi connectivity index (χ1n) is 8.84. The Morgan fingerprint density at radius 1 is 0.963 bits per heavy atom. The van der Waals surface area contributed by atoms with Gasteiger partial charge in [-0.2, -0.15) is 0 Å². The lowest BCUT2D eigenvalue weighted by atomic mass is 10.1. The molecule has 0 atom stereocenters. The molecule has 1 heterocycles. The standard InChI is InChI=1S/C22H22N2O3/c1-17-6-2-3-7-18(17)13-15-23-21(25)16-26-19-9-11-20(12-10-19)27-22-8-4-5-14-24-22/h2-12,14H,13,15-16H2,1H3,(H,23,25). The number of hydrogen-bond acceptors (Lipinski definition) is 4. The number of aryl methyl sites for hydroxylation is 1. The summed E-state index contributed by atoms with van der Waals surface area (Å²) in [6, 6.07) is 20.7. The lowest BCUT2D eigenvalue weighted by Gasteiger charge is -2.09. The van der Waals surface area contributed by atoms with Crippen LogP contribution in [0.5, 0.6) is 17.4 Å². The van der Waals surface area contributed by atoms with Gasteiger partial charge in [0.2, 0.25) is 5.88 Å². The molecular weight excluding hydrogens is 340 g/mol. The van der Waals surface area contributed by atoms with Crippen molar-refractivity contribution in [3.63, 3.8) is 0 Å². The summed E-state index contributed by atoms with van der Waals surface area (Å²) in [6.07, 6.45) is 2.47. The summed E-state index contributed by atoms with van der Waals surface area (Å²) in [7, 11) is 0. The van der Waals surface area contributed by atoms with Crippen molar-refractivity contribution in [2.24, 2.45) is 0 Å². The molecule has 0 saturated carbocycles. The highest BCUT2D eigenvalue weighted by Gasteiger charge is 2.04. The van der Waals surface area contributed by atoms with Crippen LogP contribution in [0.15, 0.2) is 72.9 Å². The van der Waals surface area contributed by atoms with Crippen LogP contribution >= 0.6 is 0 Å². The first kappa shape index (κ1) is 18.5. The fourth-order valence-electron chi connectivity index (χ4n) is 2.56. The second kappa shape index (κ2) is 9.38. The van der Waals surface area contributed by atoms with E-state index >= 15 is 0 Å². The van der Waals surface area contributed by atoms with Crippen molar-refractivity contribution < 1.29 is 14.3 Å². The second-order valence-corrected chi connectivity index (χ2v) is 6.06. The van der Waals surface area contributed by atoms with Crippen LogP contribution in [0.2, 0.25) is 0 Å². The quantitative estimate of drug-likeness (QED) is 0.660. The van der Waals surface area contributed by atoms with Crippen molar-refractivity contribution in [3.8, 4) is 17.4 Å². The van der Waals surface area contributed by atoms with Crippen LogP contribution in [0.25, 0.3) is 0 Å². The molecule has 3 rings (SSSR count). The van der Waals surface area contributed by atoms with Gasteiger partial charge >= 0.3 is 0 Å². The molecule has 0 unspecified atom stereocenters. The Morgan fingerprint density at radius 2 is 1.70 bits per heavy atom. The van der Waals surface area contributed by atoms with E-state index in [0.29, 0.717) is 23.9 Å². The molecule has 138 valence electrons.